The number of aromatic amines is 2. The molecule has 0 aliphatic carbocycles. The van der Waals surface area contributed by atoms with Gasteiger partial charge in [-0.25, -0.2) is 0 Å². The fourth-order valence-corrected chi connectivity index (χ4v) is 5.13. The number of imide groups is 1. The number of aromatic nitrogens is 2. The highest BCUT2D eigenvalue weighted by Gasteiger charge is 2.40. The van der Waals surface area contributed by atoms with Gasteiger partial charge in [-0.15, -0.1) is 0 Å². The zero-order valence-electron chi connectivity index (χ0n) is 17.0. The van der Waals surface area contributed by atoms with Gasteiger partial charge >= 0.3 is 0 Å². The predicted octanol–water partition coefficient (Wildman–Crippen LogP) is 5.75. The largest absolute Gasteiger partial charge is 0.354 e. The first-order valence-corrected chi connectivity index (χ1v) is 10.6. The van der Waals surface area contributed by atoms with Gasteiger partial charge in [0.05, 0.1) is 28.7 Å². The average molecular weight is 415 g/mol. The third-order valence-corrected chi connectivity index (χ3v) is 6.51. The van der Waals surface area contributed by atoms with E-state index in [0.717, 1.165) is 49.2 Å². The summed E-state index contributed by atoms with van der Waals surface area (Å²) in [5, 5.41) is 4.05. The molecule has 0 radical (unpaired) electrons. The van der Waals surface area contributed by atoms with Crippen LogP contribution in [0.3, 0.4) is 0 Å². The van der Waals surface area contributed by atoms with Crippen molar-refractivity contribution in [3.63, 3.8) is 0 Å². The van der Waals surface area contributed by atoms with E-state index in [1.54, 1.807) is 0 Å². The van der Waals surface area contributed by atoms with Crippen LogP contribution in [0.5, 0.6) is 0 Å². The summed E-state index contributed by atoms with van der Waals surface area (Å²) in [6.45, 7) is 0.247. The normalized spacial score (nSPS) is 13.8. The molecule has 0 saturated carbocycles. The van der Waals surface area contributed by atoms with E-state index in [-0.39, 0.29) is 18.4 Å². The van der Waals surface area contributed by atoms with Gasteiger partial charge in [0.1, 0.15) is 0 Å². The summed E-state index contributed by atoms with van der Waals surface area (Å²) in [4.78, 5) is 35.5. The zero-order chi connectivity index (χ0) is 21.4. The Labute approximate surface area is 182 Å². The molecular weight excluding hydrogens is 398 g/mol. The summed E-state index contributed by atoms with van der Waals surface area (Å²) in [5.74, 6) is -0.517. The Morgan fingerprint density at radius 3 is 1.59 bits per heavy atom. The molecule has 0 saturated heterocycles. The third kappa shape index (κ3) is 2.12. The second-order valence-corrected chi connectivity index (χ2v) is 8.27. The van der Waals surface area contributed by atoms with E-state index in [1.165, 1.54) is 4.90 Å². The van der Waals surface area contributed by atoms with Crippen molar-refractivity contribution in [2.45, 2.75) is 6.54 Å². The van der Waals surface area contributed by atoms with Crippen LogP contribution < -0.4 is 0 Å². The molecule has 2 N–H and O–H groups in total. The van der Waals surface area contributed by atoms with Gasteiger partial charge in [-0.05, 0) is 17.7 Å². The van der Waals surface area contributed by atoms with E-state index in [2.05, 4.69) is 22.1 Å². The number of nitrogens with one attached hydrogen (secondary N) is 2. The number of carbonyl (C=O) groups is 2. The minimum absolute atomic E-state index is 0.247. The SMILES string of the molecule is O=C1c2c(c3[nH]c4ccccc4c3c3c2[nH]c2ccccc23)C(=O)N1Cc1ccccc1. The lowest BCUT2D eigenvalue weighted by Gasteiger charge is -2.13. The van der Waals surface area contributed by atoms with Crippen LogP contribution in [0.1, 0.15) is 26.3 Å². The van der Waals surface area contributed by atoms with Gasteiger partial charge in [0, 0.05) is 32.6 Å². The summed E-state index contributed by atoms with van der Waals surface area (Å²) in [7, 11) is 0. The van der Waals surface area contributed by atoms with Crippen LogP contribution in [0, 0.1) is 0 Å². The van der Waals surface area contributed by atoms with Crippen LogP contribution in [0.2, 0.25) is 0 Å². The van der Waals surface area contributed by atoms with Gasteiger partial charge in [0.15, 0.2) is 0 Å². The van der Waals surface area contributed by atoms with Crippen LogP contribution >= 0.6 is 0 Å². The van der Waals surface area contributed by atoms with Crippen LogP contribution in [0.15, 0.2) is 78.9 Å². The molecule has 6 aromatic rings. The van der Waals surface area contributed by atoms with E-state index < -0.39 is 0 Å². The molecular formula is C27H17N3O2. The number of nitrogens with zero attached hydrogens (tertiary/aromatic N) is 1. The van der Waals surface area contributed by atoms with Crippen LogP contribution in [-0.2, 0) is 6.54 Å². The number of hydrogen-bond acceptors (Lipinski definition) is 2. The predicted molar refractivity (Wildman–Crippen MR) is 126 cm³/mol. The molecule has 5 nitrogen and oxygen atoms in total. The Balaban J connectivity index is 1.62. The van der Waals surface area contributed by atoms with Crippen molar-refractivity contribution < 1.29 is 9.59 Å². The molecule has 2 aromatic heterocycles. The van der Waals surface area contributed by atoms with Gasteiger partial charge in [0.2, 0.25) is 0 Å². The number of amides is 2. The molecule has 7 rings (SSSR count). The summed E-state index contributed by atoms with van der Waals surface area (Å²) < 4.78 is 0. The standard InChI is InChI=1S/C27H17N3O2/c31-26-22-23(27(32)30(26)14-15-8-2-1-3-9-15)25-21(17-11-5-7-13-19(17)29-25)20-16-10-4-6-12-18(16)28-24(20)22/h1-13,28-29H,14H2. The third-order valence-electron chi connectivity index (χ3n) is 6.51. The average Bonchev–Trinajstić information content (AvgIpc) is 3.46. The van der Waals surface area contributed by atoms with E-state index in [9.17, 15) is 9.59 Å². The smallest absolute Gasteiger partial charge is 0.264 e. The van der Waals surface area contributed by atoms with E-state index in [1.807, 2.05) is 66.7 Å². The lowest BCUT2D eigenvalue weighted by atomic mass is 9.98. The highest BCUT2D eigenvalue weighted by molar-refractivity contribution is 6.39. The minimum Gasteiger partial charge on any atom is -0.354 e. The summed E-state index contributed by atoms with van der Waals surface area (Å²) in [6, 6.07) is 25.7. The Kier molecular flexibility index (Phi) is 3.29. The van der Waals surface area contributed by atoms with Gasteiger partial charge in [-0.2, -0.15) is 0 Å². The van der Waals surface area contributed by atoms with Crippen molar-refractivity contribution >= 4 is 55.4 Å². The van der Waals surface area contributed by atoms with Crippen molar-refractivity contribution in [2.24, 2.45) is 0 Å². The van der Waals surface area contributed by atoms with E-state index >= 15 is 0 Å². The number of para-hydroxylation sites is 2. The zero-order valence-corrected chi connectivity index (χ0v) is 17.0. The number of carbonyl (C=O) groups excluding carboxylic acids is 2. The van der Waals surface area contributed by atoms with Gasteiger partial charge in [0.25, 0.3) is 11.8 Å². The van der Waals surface area contributed by atoms with Crippen molar-refractivity contribution in [1.29, 1.82) is 0 Å². The molecule has 0 unspecified atom stereocenters. The molecule has 2 amide bonds. The number of H-pyrrole nitrogens is 2. The summed E-state index contributed by atoms with van der Waals surface area (Å²) in [6.07, 6.45) is 0. The second-order valence-electron chi connectivity index (χ2n) is 8.27. The number of hydrogen-bond donors (Lipinski definition) is 2. The van der Waals surface area contributed by atoms with Crippen molar-refractivity contribution in [3.05, 3.63) is 95.6 Å². The van der Waals surface area contributed by atoms with Crippen molar-refractivity contribution in [3.8, 4) is 0 Å². The number of benzene rings is 4. The molecule has 3 heterocycles. The fourth-order valence-electron chi connectivity index (χ4n) is 5.13. The molecule has 0 fully saturated rings. The highest BCUT2D eigenvalue weighted by Crippen LogP contribution is 2.43. The van der Waals surface area contributed by atoms with Gasteiger partial charge < -0.3 is 9.97 Å². The quantitative estimate of drug-likeness (QED) is 0.354. The van der Waals surface area contributed by atoms with Crippen molar-refractivity contribution in [1.82, 2.24) is 14.9 Å². The minimum atomic E-state index is -0.258. The molecule has 1 aliphatic heterocycles. The first-order valence-electron chi connectivity index (χ1n) is 10.6. The first kappa shape index (κ1) is 17.3. The van der Waals surface area contributed by atoms with Crippen LogP contribution in [0.4, 0.5) is 0 Å². The molecule has 152 valence electrons. The summed E-state index contributed by atoms with van der Waals surface area (Å²) >= 11 is 0. The Hall–Kier alpha value is -4.38. The van der Waals surface area contributed by atoms with Gasteiger partial charge in [-0.1, -0.05) is 66.7 Å². The summed E-state index contributed by atoms with van der Waals surface area (Å²) in [5.41, 5.74) is 5.18. The maximum absolute atomic E-state index is 13.6. The molecule has 32 heavy (non-hydrogen) atoms. The Bertz CT molecular complexity index is 1630. The second kappa shape index (κ2) is 6.08. The maximum atomic E-state index is 13.6. The lowest BCUT2D eigenvalue weighted by Crippen LogP contribution is -2.29. The molecule has 5 heteroatoms. The molecule has 4 aromatic carbocycles. The van der Waals surface area contributed by atoms with Crippen LogP contribution in [-0.4, -0.2) is 26.7 Å². The lowest BCUT2D eigenvalue weighted by molar-refractivity contribution is 0.0643. The fraction of sp³-hybridized carbons (Fsp3) is 0.0370. The van der Waals surface area contributed by atoms with E-state index in [4.69, 9.17) is 0 Å². The van der Waals surface area contributed by atoms with Crippen LogP contribution in [0.25, 0.3) is 43.6 Å². The van der Waals surface area contributed by atoms with Gasteiger partial charge in [-0.3, -0.25) is 14.5 Å². The molecule has 0 spiro atoms. The van der Waals surface area contributed by atoms with Crippen molar-refractivity contribution in [2.75, 3.05) is 0 Å². The molecule has 1 aliphatic rings. The molecule has 0 atom stereocenters. The Morgan fingerprint density at radius 1 is 0.594 bits per heavy atom. The monoisotopic (exact) mass is 415 g/mol. The Morgan fingerprint density at radius 2 is 1.06 bits per heavy atom. The highest BCUT2D eigenvalue weighted by atomic mass is 16.2. The first-order chi connectivity index (χ1) is 15.7. The maximum Gasteiger partial charge on any atom is 0.264 e. The topological polar surface area (TPSA) is 69.0 Å². The number of rotatable bonds is 2. The van der Waals surface area contributed by atoms with E-state index in [0.29, 0.717) is 11.1 Å². The molecule has 0 bridgehead atoms. The number of fused-ring (bicyclic) bond motifs is 10.